The Bertz CT molecular complexity index is 564. The number of thioether (sulfide) groups is 1. The van der Waals surface area contributed by atoms with Crippen molar-refractivity contribution in [2.45, 2.75) is 25.1 Å². The van der Waals surface area contributed by atoms with Gasteiger partial charge in [-0.05, 0) is 19.1 Å². The highest BCUT2D eigenvalue weighted by atomic mass is 32.2. The lowest BCUT2D eigenvalue weighted by Gasteiger charge is -2.39. The second kappa shape index (κ2) is 6.34. The third kappa shape index (κ3) is 3.12. The number of nitro benzene ring substituents is 1. The summed E-state index contributed by atoms with van der Waals surface area (Å²) in [6.07, 6.45) is 0. The molecular weight excluding hydrogens is 292 g/mol. The maximum atomic E-state index is 11.8. The highest BCUT2D eigenvalue weighted by molar-refractivity contribution is 8.00. The second-order valence-electron chi connectivity index (χ2n) is 4.96. The smallest absolute Gasteiger partial charge is 0.344 e. The molecule has 1 aliphatic heterocycles. The molecule has 7 heteroatoms. The zero-order chi connectivity index (χ0) is 15.6. The number of carbonyl (C=O) groups excluding carboxylic acids is 1. The van der Waals surface area contributed by atoms with Crippen LogP contribution >= 0.6 is 11.8 Å². The summed E-state index contributed by atoms with van der Waals surface area (Å²) in [5, 5.41) is 11.5. The topological polar surface area (TPSA) is 72.7 Å². The van der Waals surface area contributed by atoms with Gasteiger partial charge in [0.2, 0.25) is 0 Å². The van der Waals surface area contributed by atoms with E-state index in [4.69, 9.17) is 0 Å². The Morgan fingerprint density at radius 1 is 1.48 bits per heavy atom. The summed E-state index contributed by atoms with van der Waals surface area (Å²) in [6, 6.07) is 4.93. The van der Waals surface area contributed by atoms with E-state index in [2.05, 4.69) is 23.5 Å². The van der Waals surface area contributed by atoms with Crippen molar-refractivity contribution in [1.29, 1.82) is 0 Å². The molecule has 6 nitrogen and oxygen atoms in total. The van der Waals surface area contributed by atoms with Gasteiger partial charge in [-0.15, -0.1) is 0 Å². The Hall–Kier alpha value is -1.76. The molecule has 0 aromatic heterocycles. The third-order valence-corrected chi connectivity index (χ3v) is 5.14. The van der Waals surface area contributed by atoms with E-state index in [1.165, 1.54) is 13.2 Å². The number of methoxy groups -OCH3 is 1. The van der Waals surface area contributed by atoms with Gasteiger partial charge in [0.1, 0.15) is 5.56 Å². The van der Waals surface area contributed by atoms with Gasteiger partial charge in [-0.1, -0.05) is 6.92 Å². The SMILES string of the molecule is COC(=O)c1cc(N2CCSC(C)C2C)ccc1[N+](=O)[O-]. The molecule has 0 radical (unpaired) electrons. The lowest BCUT2D eigenvalue weighted by atomic mass is 10.1. The Morgan fingerprint density at radius 2 is 2.19 bits per heavy atom. The van der Waals surface area contributed by atoms with Crippen LogP contribution in [0.25, 0.3) is 0 Å². The molecule has 114 valence electrons. The number of rotatable bonds is 3. The summed E-state index contributed by atoms with van der Waals surface area (Å²) >= 11 is 1.91. The number of anilines is 1. The molecule has 2 rings (SSSR count). The Morgan fingerprint density at radius 3 is 2.81 bits per heavy atom. The average Bonchev–Trinajstić information content (AvgIpc) is 2.48. The molecule has 0 N–H and O–H groups in total. The first kappa shape index (κ1) is 15.6. The average molecular weight is 310 g/mol. The fourth-order valence-corrected chi connectivity index (χ4v) is 3.53. The second-order valence-corrected chi connectivity index (χ2v) is 6.45. The first-order valence-electron chi connectivity index (χ1n) is 6.70. The Labute approximate surface area is 127 Å². The first-order chi connectivity index (χ1) is 9.95. The number of hydrogen-bond donors (Lipinski definition) is 0. The minimum Gasteiger partial charge on any atom is -0.465 e. The molecule has 2 atom stereocenters. The Balaban J connectivity index is 2.41. The molecule has 21 heavy (non-hydrogen) atoms. The maximum Gasteiger partial charge on any atom is 0.344 e. The minimum absolute atomic E-state index is 0.00178. The number of ether oxygens (including phenoxy) is 1. The minimum atomic E-state index is -0.685. The van der Waals surface area contributed by atoms with Crippen molar-refractivity contribution in [3.63, 3.8) is 0 Å². The molecule has 1 aromatic carbocycles. The lowest BCUT2D eigenvalue weighted by Crippen LogP contribution is -2.44. The number of esters is 1. The molecule has 1 saturated heterocycles. The van der Waals surface area contributed by atoms with Gasteiger partial charge >= 0.3 is 5.97 Å². The van der Waals surface area contributed by atoms with Crippen molar-refractivity contribution in [3.05, 3.63) is 33.9 Å². The number of nitro groups is 1. The van der Waals surface area contributed by atoms with Crippen LogP contribution < -0.4 is 4.90 Å². The van der Waals surface area contributed by atoms with Crippen molar-refractivity contribution in [3.8, 4) is 0 Å². The highest BCUT2D eigenvalue weighted by Crippen LogP contribution is 2.32. The van der Waals surface area contributed by atoms with E-state index >= 15 is 0 Å². The number of nitrogens with zero attached hydrogens (tertiary/aromatic N) is 2. The van der Waals surface area contributed by atoms with E-state index in [1.54, 1.807) is 12.1 Å². The van der Waals surface area contributed by atoms with Crippen LogP contribution in [-0.2, 0) is 4.74 Å². The Kier molecular flexibility index (Phi) is 4.72. The van der Waals surface area contributed by atoms with Gasteiger partial charge in [0.15, 0.2) is 0 Å². The third-order valence-electron chi connectivity index (χ3n) is 3.80. The van der Waals surface area contributed by atoms with Crippen LogP contribution in [0, 0.1) is 10.1 Å². The zero-order valence-electron chi connectivity index (χ0n) is 12.2. The van der Waals surface area contributed by atoms with E-state index in [0.717, 1.165) is 18.0 Å². The van der Waals surface area contributed by atoms with Crippen LogP contribution in [0.2, 0.25) is 0 Å². The van der Waals surface area contributed by atoms with Crippen LogP contribution in [0.3, 0.4) is 0 Å². The summed E-state index contributed by atoms with van der Waals surface area (Å²) in [5.41, 5.74) is 0.594. The van der Waals surface area contributed by atoms with Gasteiger partial charge in [0, 0.05) is 35.3 Å². The van der Waals surface area contributed by atoms with E-state index in [1.807, 2.05) is 11.8 Å². The monoisotopic (exact) mass is 310 g/mol. The molecule has 0 aliphatic carbocycles. The summed E-state index contributed by atoms with van der Waals surface area (Å²) in [4.78, 5) is 24.4. The molecule has 1 heterocycles. The van der Waals surface area contributed by atoms with Crippen LogP contribution in [0.1, 0.15) is 24.2 Å². The van der Waals surface area contributed by atoms with Crippen LogP contribution in [0.4, 0.5) is 11.4 Å². The van der Waals surface area contributed by atoms with Gasteiger partial charge < -0.3 is 9.64 Å². The molecule has 0 bridgehead atoms. The van der Waals surface area contributed by atoms with Gasteiger partial charge in [0.05, 0.1) is 12.0 Å². The van der Waals surface area contributed by atoms with E-state index in [9.17, 15) is 14.9 Å². The van der Waals surface area contributed by atoms with E-state index < -0.39 is 10.9 Å². The van der Waals surface area contributed by atoms with Gasteiger partial charge in [-0.2, -0.15) is 11.8 Å². The van der Waals surface area contributed by atoms with Crippen molar-refractivity contribution >= 4 is 29.1 Å². The maximum absolute atomic E-state index is 11.8. The summed E-state index contributed by atoms with van der Waals surface area (Å²) in [6.45, 7) is 5.14. The molecule has 0 spiro atoms. The van der Waals surface area contributed by atoms with Gasteiger partial charge in [-0.25, -0.2) is 4.79 Å². The van der Waals surface area contributed by atoms with Crippen molar-refractivity contribution < 1.29 is 14.5 Å². The van der Waals surface area contributed by atoms with Crippen molar-refractivity contribution in [1.82, 2.24) is 0 Å². The molecule has 0 saturated carbocycles. The van der Waals surface area contributed by atoms with E-state index in [-0.39, 0.29) is 11.3 Å². The fourth-order valence-electron chi connectivity index (χ4n) is 2.43. The fraction of sp³-hybridized carbons (Fsp3) is 0.500. The number of carbonyl (C=O) groups is 1. The molecule has 1 aliphatic rings. The van der Waals surface area contributed by atoms with E-state index in [0.29, 0.717) is 11.3 Å². The lowest BCUT2D eigenvalue weighted by molar-refractivity contribution is -0.385. The predicted molar refractivity (Wildman–Crippen MR) is 83.2 cm³/mol. The van der Waals surface area contributed by atoms with Crippen LogP contribution in [0.15, 0.2) is 18.2 Å². The predicted octanol–water partition coefficient (Wildman–Crippen LogP) is 2.71. The normalized spacial score (nSPS) is 22.0. The summed E-state index contributed by atoms with van der Waals surface area (Å²) in [7, 11) is 1.22. The van der Waals surface area contributed by atoms with Crippen LogP contribution in [0.5, 0.6) is 0 Å². The molecule has 1 fully saturated rings. The molecule has 0 amide bonds. The van der Waals surface area contributed by atoms with Gasteiger partial charge in [0.25, 0.3) is 5.69 Å². The molecular formula is C14H18N2O4S. The van der Waals surface area contributed by atoms with Crippen molar-refractivity contribution in [2.24, 2.45) is 0 Å². The standard InChI is InChI=1S/C14H18N2O4S/c1-9-10(2)21-7-6-15(9)11-4-5-13(16(18)19)12(8-11)14(17)20-3/h4-5,8-10H,6-7H2,1-3H3. The summed E-state index contributed by atoms with van der Waals surface area (Å²) < 4.78 is 4.65. The summed E-state index contributed by atoms with van der Waals surface area (Å²) in [5.74, 6) is 0.311. The van der Waals surface area contributed by atoms with Crippen molar-refractivity contribution in [2.75, 3.05) is 24.3 Å². The molecule has 2 unspecified atom stereocenters. The zero-order valence-corrected chi connectivity index (χ0v) is 13.1. The highest BCUT2D eigenvalue weighted by Gasteiger charge is 2.28. The number of hydrogen-bond acceptors (Lipinski definition) is 6. The first-order valence-corrected chi connectivity index (χ1v) is 7.75. The number of benzene rings is 1. The van der Waals surface area contributed by atoms with Gasteiger partial charge in [-0.3, -0.25) is 10.1 Å². The quantitative estimate of drug-likeness (QED) is 0.485. The largest absolute Gasteiger partial charge is 0.465 e. The van der Waals surface area contributed by atoms with Crippen LogP contribution in [-0.4, -0.2) is 41.6 Å². The molecule has 1 aromatic rings.